The number of ether oxygens (including phenoxy) is 1. The lowest BCUT2D eigenvalue weighted by molar-refractivity contribution is 0.0232. The molecule has 2 unspecified atom stereocenters. The summed E-state index contributed by atoms with van der Waals surface area (Å²) in [5.41, 5.74) is 2.54. The number of hydrogen-bond donors (Lipinski definition) is 1. The van der Waals surface area contributed by atoms with Gasteiger partial charge in [-0.05, 0) is 37.3 Å². The van der Waals surface area contributed by atoms with Crippen molar-refractivity contribution in [2.24, 2.45) is 0 Å². The average molecular weight is 273 g/mol. The zero-order chi connectivity index (χ0) is 13.1. The number of rotatable bonds is 3. The number of benzene rings is 1. The van der Waals surface area contributed by atoms with Crippen molar-refractivity contribution in [3.8, 4) is 10.4 Å². The molecule has 0 amide bonds. The van der Waals surface area contributed by atoms with Crippen LogP contribution in [0.4, 0.5) is 5.69 Å². The number of hydrogen-bond acceptors (Lipinski definition) is 3. The molecule has 3 rings (SSSR count). The molecule has 1 aliphatic rings. The fourth-order valence-corrected chi connectivity index (χ4v) is 3.37. The van der Waals surface area contributed by atoms with E-state index in [9.17, 15) is 0 Å². The fourth-order valence-electron chi connectivity index (χ4n) is 2.60. The highest BCUT2D eigenvalue weighted by molar-refractivity contribution is 7.13. The summed E-state index contributed by atoms with van der Waals surface area (Å²) >= 11 is 1.79. The van der Waals surface area contributed by atoms with Crippen LogP contribution in [-0.2, 0) is 4.74 Å². The minimum absolute atomic E-state index is 0.361. The Balaban J connectivity index is 1.81. The van der Waals surface area contributed by atoms with E-state index in [1.54, 1.807) is 11.3 Å². The van der Waals surface area contributed by atoms with Crippen molar-refractivity contribution in [3.05, 3.63) is 41.8 Å². The number of anilines is 1. The van der Waals surface area contributed by atoms with Crippen LogP contribution in [-0.4, -0.2) is 18.8 Å². The number of nitrogens with one attached hydrogen (secondary N) is 1. The van der Waals surface area contributed by atoms with E-state index in [1.165, 1.54) is 16.1 Å². The normalized spacial score (nSPS) is 23.2. The number of para-hydroxylation sites is 1. The van der Waals surface area contributed by atoms with Gasteiger partial charge in [-0.1, -0.05) is 24.3 Å². The van der Waals surface area contributed by atoms with Crippen molar-refractivity contribution in [1.82, 2.24) is 0 Å². The van der Waals surface area contributed by atoms with E-state index in [-0.39, 0.29) is 0 Å². The Morgan fingerprint density at radius 1 is 1.21 bits per heavy atom. The highest BCUT2D eigenvalue weighted by atomic mass is 32.1. The zero-order valence-corrected chi connectivity index (χ0v) is 12.0. The second kappa shape index (κ2) is 5.76. The average Bonchev–Trinajstić information content (AvgIpc) is 2.93. The molecule has 1 fully saturated rings. The molecule has 100 valence electrons. The summed E-state index contributed by atoms with van der Waals surface area (Å²) in [6.45, 7) is 3.01. The van der Waals surface area contributed by atoms with E-state index in [2.05, 4.69) is 54.0 Å². The summed E-state index contributed by atoms with van der Waals surface area (Å²) in [7, 11) is 0. The molecule has 2 heterocycles. The molecular formula is C16H19NOS. The van der Waals surface area contributed by atoms with E-state index >= 15 is 0 Å². The lowest BCUT2D eigenvalue weighted by Gasteiger charge is -2.29. The third kappa shape index (κ3) is 2.99. The summed E-state index contributed by atoms with van der Waals surface area (Å²) in [5.74, 6) is 0. The van der Waals surface area contributed by atoms with E-state index < -0.39 is 0 Å². The van der Waals surface area contributed by atoms with Crippen molar-refractivity contribution in [2.75, 3.05) is 11.9 Å². The Morgan fingerprint density at radius 2 is 2.11 bits per heavy atom. The van der Waals surface area contributed by atoms with Crippen molar-refractivity contribution < 1.29 is 4.74 Å². The van der Waals surface area contributed by atoms with Crippen LogP contribution in [0.5, 0.6) is 0 Å². The van der Waals surface area contributed by atoms with Gasteiger partial charge in [0.1, 0.15) is 0 Å². The maximum atomic E-state index is 5.61. The molecule has 1 aliphatic heterocycles. The zero-order valence-electron chi connectivity index (χ0n) is 11.1. The molecule has 3 heteroatoms. The summed E-state index contributed by atoms with van der Waals surface area (Å²) in [5, 5.41) is 5.82. The number of thiophene rings is 1. The van der Waals surface area contributed by atoms with Crippen LogP contribution in [0, 0.1) is 0 Å². The van der Waals surface area contributed by atoms with E-state index in [1.807, 2.05) is 0 Å². The highest BCUT2D eigenvalue weighted by Crippen LogP contribution is 2.32. The molecular weight excluding hydrogens is 254 g/mol. The van der Waals surface area contributed by atoms with E-state index in [4.69, 9.17) is 4.74 Å². The van der Waals surface area contributed by atoms with Crippen molar-refractivity contribution >= 4 is 17.0 Å². The third-order valence-electron chi connectivity index (χ3n) is 3.56. The monoisotopic (exact) mass is 273 g/mol. The Morgan fingerprint density at radius 3 is 2.89 bits per heavy atom. The first-order chi connectivity index (χ1) is 9.33. The lowest BCUT2D eigenvalue weighted by atomic mass is 10.0. The summed E-state index contributed by atoms with van der Waals surface area (Å²) in [6.07, 6.45) is 2.53. The molecule has 0 spiro atoms. The van der Waals surface area contributed by atoms with Gasteiger partial charge in [0.25, 0.3) is 0 Å². The minimum Gasteiger partial charge on any atom is -0.382 e. The maximum absolute atomic E-state index is 5.61. The standard InChI is InChI=1S/C16H19NOS/c1-12-11-13(8-9-18-12)17-15-6-3-2-5-14(15)16-7-4-10-19-16/h2-7,10,12-13,17H,8-9,11H2,1H3. The van der Waals surface area contributed by atoms with Crippen LogP contribution >= 0.6 is 11.3 Å². The van der Waals surface area contributed by atoms with Crippen molar-refractivity contribution in [1.29, 1.82) is 0 Å². The van der Waals surface area contributed by atoms with Crippen molar-refractivity contribution in [3.63, 3.8) is 0 Å². The molecule has 2 nitrogen and oxygen atoms in total. The van der Waals surface area contributed by atoms with Gasteiger partial charge < -0.3 is 10.1 Å². The SMILES string of the molecule is CC1CC(Nc2ccccc2-c2cccs2)CCO1. The molecule has 0 aliphatic carbocycles. The summed E-state index contributed by atoms with van der Waals surface area (Å²) in [4.78, 5) is 1.32. The fraction of sp³-hybridized carbons (Fsp3) is 0.375. The van der Waals surface area contributed by atoms with Gasteiger partial charge in [-0.3, -0.25) is 0 Å². The largest absolute Gasteiger partial charge is 0.382 e. The molecule has 1 N–H and O–H groups in total. The van der Waals surface area contributed by atoms with Crippen LogP contribution in [0.1, 0.15) is 19.8 Å². The molecule has 1 aromatic heterocycles. The van der Waals surface area contributed by atoms with E-state index in [0.29, 0.717) is 12.1 Å². The van der Waals surface area contributed by atoms with Gasteiger partial charge in [-0.2, -0.15) is 0 Å². The molecule has 2 aromatic rings. The van der Waals surface area contributed by atoms with Gasteiger partial charge in [-0.15, -0.1) is 11.3 Å². The van der Waals surface area contributed by atoms with Gasteiger partial charge in [0, 0.05) is 28.8 Å². The molecule has 0 radical (unpaired) electrons. The minimum atomic E-state index is 0.361. The van der Waals surface area contributed by atoms with Crippen LogP contribution in [0.3, 0.4) is 0 Å². The summed E-state index contributed by atoms with van der Waals surface area (Å²) in [6, 6.07) is 13.4. The predicted octanol–water partition coefficient (Wildman–Crippen LogP) is 4.39. The van der Waals surface area contributed by atoms with Crippen LogP contribution in [0.25, 0.3) is 10.4 Å². The second-order valence-corrected chi connectivity index (χ2v) is 6.02. The molecule has 1 saturated heterocycles. The maximum Gasteiger partial charge on any atom is 0.0566 e. The topological polar surface area (TPSA) is 21.3 Å². The third-order valence-corrected chi connectivity index (χ3v) is 4.46. The van der Waals surface area contributed by atoms with Gasteiger partial charge in [0.05, 0.1) is 6.10 Å². The molecule has 0 saturated carbocycles. The van der Waals surface area contributed by atoms with Crippen LogP contribution in [0.2, 0.25) is 0 Å². The molecule has 19 heavy (non-hydrogen) atoms. The van der Waals surface area contributed by atoms with Gasteiger partial charge in [0.15, 0.2) is 0 Å². The molecule has 0 bridgehead atoms. The Kier molecular flexibility index (Phi) is 3.85. The quantitative estimate of drug-likeness (QED) is 0.895. The second-order valence-electron chi connectivity index (χ2n) is 5.07. The van der Waals surface area contributed by atoms with Crippen LogP contribution < -0.4 is 5.32 Å². The first-order valence-corrected chi connectivity index (χ1v) is 7.72. The molecule has 2 atom stereocenters. The Labute approximate surface area is 118 Å². The smallest absolute Gasteiger partial charge is 0.0566 e. The van der Waals surface area contributed by atoms with E-state index in [0.717, 1.165) is 19.4 Å². The van der Waals surface area contributed by atoms with Gasteiger partial charge in [0.2, 0.25) is 0 Å². The first-order valence-electron chi connectivity index (χ1n) is 6.84. The lowest BCUT2D eigenvalue weighted by Crippen LogP contribution is -2.32. The Bertz CT molecular complexity index is 523. The molecule has 1 aromatic carbocycles. The summed E-state index contributed by atoms with van der Waals surface area (Å²) < 4.78 is 5.61. The Hall–Kier alpha value is -1.32. The predicted molar refractivity (Wildman–Crippen MR) is 81.8 cm³/mol. The highest BCUT2D eigenvalue weighted by Gasteiger charge is 2.20. The van der Waals surface area contributed by atoms with Gasteiger partial charge in [-0.25, -0.2) is 0 Å². The van der Waals surface area contributed by atoms with Crippen LogP contribution in [0.15, 0.2) is 41.8 Å². The first kappa shape index (κ1) is 12.7. The van der Waals surface area contributed by atoms with Crippen molar-refractivity contribution in [2.45, 2.75) is 31.9 Å². The van der Waals surface area contributed by atoms with Gasteiger partial charge >= 0.3 is 0 Å².